The van der Waals surface area contributed by atoms with Gasteiger partial charge in [-0.05, 0) is 55.0 Å². The van der Waals surface area contributed by atoms with Crippen molar-refractivity contribution in [3.05, 3.63) is 52.2 Å². The van der Waals surface area contributed by atoms with Crippen LogP contribution in [0.4, 0.5) is 0 Å². The predicted molar refractivity (Wildman–Crippen MR) is 83.6 cm³/mol. The number of carbonyl (C=O) groups excluding carboxylic acids is 1. The minimum absolute atomic E-state index is 0.00774. The first-order valence-corrected chi connectivity index (χ1v) is 8.09. The smallest absolute Gasteiger partial charge is 0.306 e. The second-order valence-electron chi connectivity index (χ2n) is 5.42. The van der Waals surface area contributed by atoms with Crippen LogP contribution in [-0.4, -0.2) is 23.0 Å². The fraction of sp³-hybridized carbons (Fsp3) is 0.294. The number of thiophene rings is 1. The Morgan fingerprint density at radius 3 is 2.50 bits per heavy atom. The molecule has 5 heteroatoms. The highest BCUT2D eigenvalue weighted by Gasteiger charge is 2.30. The summed E-state index contributed by atoms with van der Waals surface area (Å²) in [5.74, 6) is -0.361. The molecule has 1 fully saturated rings. The van der Waals surface area contributed by atoms with E-state index in [0.717, 1.165) is 6.42 Å². The average Bonchev–Trinajstić information content (AvgIpc) is 3.19. The molecule has 114 valence electrons. The number of carboxylic acid groups (broad SMARTS) is 1. The Labute approximate surface area is 132 Å². The first-order valence-electron chi connectivity index (χ1n) is 7.21. The molecule has 0 amide bonds. The number of aliphatic carboxylic acids is 1. The number of ketones is 1. The highest BCUT2D eigenvalue weighted by molar-refractivity contribution is 7.12. The van der Waals surface area contributed by atoms with Gasteiger partial charge >= 0.3 is 5.97 Å². The number of hydrogen-bond acceptors (Lipinski definition) is 4. The van der Waals surface area contributed by atoms with Gasteiger partial charge in [0.05, 0.1) is 16.9 Å². The standard InChI is InChI=1S/C17H16O4S/c18-16(15-2-1-9-22-15)11-3-6-13(7-4-11)21-14-8-5-12(10-14)17(19)20/h1-4,6-7,9,12,14H,5,8,10H2,(H,19,20)/t12-,14-/m0/s1. The molecule has 0 bridgehead atoms. The minimum atomic E-state index is -0.747. The fourth-order valence-corrected chi connectivity index (χ4v) is 3.38. The molecule has 4 nitrogen and oxygen atoms in total. The van der Waals surface area contributed by atoms with Crippen LogP contribution < -0.4 is 4.74 Å². The number of hydrogen-bond donors (Lipinski definition) is 1. The van der Waals surface area contributed by atoms with E-state index in [1.54, 1.807) is 24.3 Å². The summed E-state index contributed by atoms with van der Waals surface area (Å²) >= 11 is 1.42. The van der Waals surface area contributed by atoms with Crippen LogP contribution >= 0.6 is 11.3 Å². The Hall–Kier alpha value is -2.14. The van der Waals surface area contributed by atoms with Gasteiger partial charge in [-0.1, -0.05) is 6.07 Å². The summed E-state index contributed by atoms with van der Waals surface area (Å²) in [6, 6.07) is 10.7. The van der Waals surface area contributed by atoms with Gasteiger partial charge in [0.15, 0.2) is 0 Å². The predicted octanol–water partition coefficient (Wildman–Crippen LogP) is 3.61. The van der Waals surface area contributed by atoms with Gasteiger partial charge in [-0.3, -0.25) is 9.59 Å². The van der Waals surface area contributed by atoms with Crippen molar-refractivity contribution in [2.75, 3.05) is 0 Å². The van der Waals surface area contributed by atoms with Crippen molar-refractivity contribution in [2.45, 2.75) is 25.4 Å². The average molecular weight is 316 g/mol. The van der Waals surface area contributed by atoms with Crippen molar-refractivity contribution in [3.8, 4) is 5.75 Å². The van der Waals surface area contributed by atoms with Crippen LogP contribution in [0, 0.1) is 5.92 Å². The van der Waals surface area contributed by atoms with Crippen molar-refractivity contribution >= 4 is 23.1 Å². The Bertz CT molecular complexity index is 660. The lowest BCUT2D eigenvalue weighted by molar-refractivity contribution is -0.141. The zero-order valence-electron chi connectivity index (χ0n) is 11.9. The molecule has 0 saturated heterocycles. The number of carboxylic acids is 1. The van der Waals surface area contributed by atoms with Gasteiger partial charge in [0, 0.05) is 5.56 Å². The number of ether oxygens (including phenoxy) is 1. The molecule has 22 heavy (non-hydrogen) atoms. The maximum absolute atomic E-state index is 12.2. The first kappa shape index (κ1) is 14.8. The summed E-state index contributed by atoms with van der Waals surface area (Å²) in [5, 5.41) is 10.9. The van der Waals surface area contributed by atoms with Gasteiger partial charge in [-0.15, -0.1) is 11.3 Å². The Morgan fingerprint density at radius 2 is 1.91 bits per heavy atom. The van der Waals surface area contributed by atoms with E-state index in [1.165, 1.54) is 11.3 Å². The quantitative estimate of drug-likeness (QED) is 0.856. The van der Waals surface area contributed by atoms with Crippen molar-refractivity contribution in [2.24, 2.45) is 5.92 Å². The molecule has 0 spiro atoms. The maximum atomic E-state index is 12.2. The molecule has 1 N–H and O–H groups in total. The lowest BCUT2D eigenvalue weighted by Gasteiger charge is -2.13. The normalized spacial score (nSPS) is 20.7. The second-order valence-corrected chi connectivity index (χ2v) is 6.37. The van der Waals surface area contributed by atoms with E-state index in [9.17, 15) is 9.59 Å². The van der Waals surface area contributed by atoms with Gasteiger partial charge < -0.3 is 9.84 Å². The molecular formula is C17H16O4S. The van der Waals surface area contributed by atoms with Crippen LogP contribution in [0.15, 0.2) is 41.8 Å². The van der Waals surface area contributed by atoms with Crippen LogP contribution in [0.3, 0.4) is 0 Å². The SMILES string of the molecule is O=C(c1ccc(O[C@H]2CC[C@H](C(=O)O)C2)cc1)c1cccs1. The first-order chi connectivity index (χ1) is 10.6. The molecule has 0 aliphatic heterocycles. The van der Waals surface area contributed by atoms with Crippen LogP contribution in [-0.2, 0) is 4.79 Å². The lowest BCUT2D eigenvalue weighted by Crippen LogP contribution is -2.15. The van der Waals surface area contributed by atoms with Crippen LogP contribution in [0.2, 0.25) is 0 Å². The zero-order valence-corrected chi connectivity index (χ0v) is 12.7. The van der Waals surface area contributed by atoms with Crippen molar-refractivity contribution in [1.82, 2.24) is 0 Å². The Kier molecular flexibility index (Phi) is 4.24. The summed E-state index contributed by atoms with van der Waals surface area (Å²) in [6.07, 6.45) is 1.91. The van der Waals surface area contributed by atoms with E-state index in [1.807, 2.05) is 17.5 Å². The van der Waals surface area contributed by atoms with E-state index in [4.69, 9.17) is 9.84 Å². The van der Waals surface area contributed by atoms with E-state index < -0.39 is 5.97 Å². The number of benzene rings is 1. The third kappa shape index (κ3) is 3.20. The monoisotopic (exact) mass is 316 g/mol. The Balaban J connectivity index is 1.63. The highest BCUT2D eigenvalue weighted by Crippen LogP contribution is 2.29. The van der Waals surface area contributed by atoms with Crippen LogP contribution in [0.5, 0.6) is 5.75 Å². The molecule has 1 aromatic carbocycles. The van der Waals surface area contributed by atoms with Crippen molar-refractivity contribution in [1.29, 1.82) is 0 Å². The van der Waals surface area contributed by atoms with Crippen molar-refractivity contribution in [3.63, 3.8) is 0 Å². The summed E-state index contributed by atoms with van der Waals surface area (Å²) in [4.78, 5) is 23.8. The van der Waals surface area contributed by atoms with Gasteiger partial charge in [-0.25, -0.2) is 0 Å². The van der Waals surface area contributed by atoms with Crippen LogP contribution in [0.25, 0.3) is 0 Å². The fourth-order valence-electron chi connectivity index (χ4n) is 2.70. The third-order valence-electron chi connectivity index (χ3n) is 3.90. The molecule has 3 rings (SSSR count). The number of rotatable bonds is 5. The summed E-state index contributed by atoms with van der Waals surface area (Å²) in [5.41, 5.74) is 0.629. The largest absolute Gasteiger partial charge is 0.490 e. The van der Waals surface area contributed by atoms with Gasteiger partial charge in [0.2, 0.25) is 5.78 Å². The molecule has 1 aliphatic carbocycles. The van der Waals surface area contributed by atoms with Gasteiger partial charge in [-0.2, -0.15) is 0 Å². The lowest BCUT2D eigenvalue weighted by atomic mass is 10.1. The molecule has 1 aliphatic rings. The van der Waals surface area contributed by atoms with E-state index in [0.29, 0.717) is 29.0 Å². The Morgan fingerprint density at radius 1 is 1.14 bits per heavy atom. The van der Waals surface area contributed by atoms with Crippen molar-refractivity contribution < 1.29 is 19.4 Å². The topological polar surface area (TPSA) is 63.6 Å². The maximum Gasteiger partial charge on any atom is 0.306 e. The van der Waals surface area contributed by atoms with E-state index in [2.05, 4.69) is 0 Å². The third-order valence-corrected chi connectivity index (χ3v) is 4.77. The zero-order chi connectivity index (χ0) is 15.5. The summed E-state index contributed by atoms with van der Waals surface area (Å²) < 4.78 is 5.81. The number of carbonyl (C=O) groups is 2. The summed E-state index contributed by atoms with van der Waals surface area (Å²) in [7, 11) is 0. The van der Waals surface area contributed by atoms with Crippen LogP contribution in [0.1, 0.15) is 34.5 Å². The second kappa shape index (κ2) is 6.32. The molecule has 2 atom stereocenters. The van der Waals surface area contributed by atoms with E-state index >= 15 is 0 Å². The van der Waals surface area contributed by atoms with E-state index in [-0.39, 0.29) is 17.8 Å². The molecular weight excluding hydrogens is 300 g/mol. The molecule has 2 aromatic rings. The molecule has 1 saturated carbocycles. The molecule has 0 unspecified atom stereocenters. The highest BCUT2D eigenvalue weighted by atomic mass is 32.1. The molecule has 1 heterocycles. The minimum Gasteiger partial charge on any atom is -0.490 e. The van der Waals surface area contributed by atoms with Gasteiger partial charge in [0.25, 0.3) is 0 Å². The summed E-state index contributed by atoms with van der Waals surface area (Å²) in [6.45, 7) is 0. The van der Waals surface area contributed by atoms with Gasteiger partial charge in [0.1, 0.15) is 5.75 Å². The molecule has 1 aromatic heterocycles. The molecule has 0 radical (unpaired) electrons.